The monoisotopic (exact) mass is 561 g/mol. The average Bonchev–Trinajstić information content (AvgIpc) is 3.37. The maximum atomic E-state index is 4.73. The molecule has 2 aromatic heterocycles. The van der Waals surface area contributed by atoms with E-state index in [0.717, 1.165) is 41.9 Å². The molecule has 3 heteroatoms. The highest BCUT2D eigenvalue weighted by Gasteiger charge is 2.09. The molecule has 0 aliphatic heterocycles. The largest absolute Gasteiger partial charge is 0.228 e. The van der Waals surface area contributed by atoms with Crippen molar-refractivity contribution in [1.29, 1.82) is 0 Å². The lowest BCUT2D eigenvalue weighted by Crippen LogP contribution is -1.98. The lowest BCUT2D eigenvalue weighted by atomic mass is 10.0. The van der Waals surface area contributed by atoms with E-state index in [1.807, 2.05) is 43.6 Å². The minimum atomic E-state index is 0.938. The zero-order chi connectivity index (χ0) is 31.2. The summed E-state index contributed by atoms with van der Waals surface area (Å²) < 4.78 is 1.89. The topological polar surface area (TPSA) is 30.2 Å². The summed E-state index contributed by atoms with van der Waals surface area (Å²) in [6.45, 7) is 24.8. The van der Waals surface area contributed by atoms with Crippen LogP contribution in [0.3, 0.4) is 0 Å². The SMILES string of the molecule is C=C(C)Cc1ccc(C)c(C)c1.CC.CCc1cccc(CC)c1.Cc1ccccc1-c1cc(C)n2ncc(C)c2n1. The van der Waals surface area contributed by atoms with Gasteiger partial charge >= 0.3 is 0 Å². The predicted octanol–water partition coefficient (Wildman–Crippen LogP) is 10.6. The Hall–Kier alpha value is -3.98. The fourth-order valence-electron chi connectivity index (χ4n) is 4.55. The Morgan fingerprint density at radius 1 is 0.690 bits per heavy atom. The van der Waals surface area contributed by atoms with Crippen LogP contribution in [-0.2, 0) is 19.3 Å². The molecule has 0 unspecified atom stereocenters. The quantitative estimate of drug-likeness (QED) is 0.200. The molecule has 42 heavy (non-hydrogen) atoms. The molecular formula is C39H51N3. The lowest BCUT2D eigenvalue weighted by molar-refractivity contribution is 0.896. The first-order chi connectivity index (χ1) is 20.1. The average molecular weight is 562 g/mol. The van der Waals surface area contributed by atoms with Crippen molar-refractivity contribution in [1.82, 2.24) is 14.6 Å². The maximum absolute atomic E-state index is 4.73. The van der Waals surface area contributed by atoms with Gasteiger partial charge in [0.15, 0.2) is 5.65 Å². The van der Waals surface area contributed by atoms with Crippen molar-refractivity contribution >= 4 is 5.65 Å². The first-order valence-electron chi connectivity index (χ1n) is 15.3. The number of aryl methyl sites for hydroxylation is 7. The van der Waals surface area contributed by atoms with Crippen molar-refractivity contribution in [2.45, 2.75) is 88.5 Å². The van der Waals surface area contributed by atoms with Gasteiger partial charge in [0.25, 0.3) is 0 Å². The van der Waals surface area contributed by atoms with E-state index in [-0.39, 0.29) is 0 Å². The molecule has 3 aromatic carbocycles. The maximum Gasteiger partial charge on any atom is 0.158 e. The second kappa shape index (κ2) is 17.1. The molecule has 2 heterocycles. The zero-order valence-electron chi connectivity index (χ0n) is 27.7. The molecule has 0 fully saturated rings. The van der Waals surface area contributed by atoms with Gasteiger partial charge in [-0.25, -0.2) is 9.50 Å². The summed E-state index contributed by atoms with van der Waals surface area (Å²) in [7, 11) is 0. The van der Waals surface area contributed by atoms with Gasteiger partial charge in [0, 0.05) is 16.8 Å². The Kier molecular flexibility index (Phi) is 13.9. The van der Waals surface area contributed by atoms with E-state index in [1.165, 1.54) is 44.5 Å². The van der Waals surface area contributed by atoms with Crippen LogP contribution in [0.2, 0.25) is 0 Å². The van der Waals surface area contributed by atoms with E-state index in [9.17, 15) is 0 Å². The molecule has 0 aliphatic carbocycles. The normalized spacial score (nSPS) is 10.0. The highest BCUT2D eigenvalue weighted by Crippen LogP contribution is 2.23. The molecule has 0 spiro atoms. The summed E-state index contributed by atoms with van der Waals surface area (Å²) in [5.41, 5.74) is 14.8. The highest BCUT2D eigenvalue weighted by atomic mass is 15.2. The first kappa shape index (κ1) is 34.2. The van der Waals surface area contributed by atoms with E-state index in [2.05, 4.69) is 121 Å². The molecule has 0 saturated heterocycles. The molecule has 0 N–H and O–H groups in total. The summed E-state index contributed by atoms with van der Waals surface area (Å²) >= 11 is 0. The van der Waals surface area contributed by atoms with Crippen LogP contribution in [0.25, 0.3) is 16.9 Å². The zero-order valence-corrected chi connectivity index (χ0v) is 27.7. The van der Waals surface area contributed by atoms with Crippen LogP contribution in [0, 0.1) is 34.6 Å². The molecule has 3 nitrogen and oxygen atoms in total. The second-order valence-electron chi connectivity index (χ2n) is 10.7. The minimum Gasteiger partial charge on any atom is -0.228 e. The number of allylic oxidation sites excluding steroid dienone is 1. The summed E-state index contributed by atoms with van der Waals surface area (Å²) in [5, 5.41) is 4.33. The third-order valence-corrected chi connectivity index (χ3v) is 7.13. The minimum absolute atomic E-state index is 0.938. The summed E-state index contributed by atoms with van der Waals surface area (Å²) in [6.07, 6.45) is 5.15. The van der Waals surface area contributed by atoms with Gasteiger partial charge in [0.2, 0.25) is 0 Å². The standard InChI is InChI=1S/C15H15N3.C12H16.C10H14.C2H6/c1-10-6-4-5-7-13(10)14-8-12(3)18-15(17-14)11(2)9-16-18;1-9(2)7-12-6-5-10(3)11(4)8-12;1-3-9-6-5-7-10(4-2)8-9;1-2/h4-9H,1-3H3;5-6,8H,1,7H2,2-4H3;5-8H,3-4H2,1-2H3;1-2H3. The van der Waals surface area contributed by atoms with E-state index in [1.54, 1.807) is 0 Å². The van der Waals surface area contributed by atoms with Crippen LogP contribution < -0.4 is 0 Å². The molecule has 5 rings (SSSR count). The van der Waals surface area contributed by atoms with Gasteiger partial charge in [-0.1, -0.05) is 107 Å². The van der Waals surface area contributed by atoms with Crippen molar-refractivity contribution in [3.63, 3.8) is 0 Å². The summed E-state index contributed by atoms with van der Waals surface area (Å²) in [5.74, 6) is 0. The lowest BCUT2D eigenvalue weighted by Gasteiger charge is -2.07. The van der Waals surface area contributed by atoms with Gasteiger partial charge in [-0.3, -0.25) is 0 Å². The third-order valence-electron chi connectivity index (χ3n) is 7.13. The second-order valence-corrected chi connectivity index (χ2v) is 10.7. The van der Waals surface area contributed by atoms with E-state index < -0.39 is 0 Å². The van der Waals surface area contributed by atoms with E-state index >= 15 is 0 Å². The Morgan fingerprint density at radius 3 is 1.90 bits per heavy atom. The van der Waals surface area contributed by atoms with Crippen molar-refractivity contribution in [2.24, 2.45) is 0 Å². The molecule has 0 bridgehead atoms. The third kappa shape index (κ3) is 9.83. The van der Waals surface area contributed by atoms with Crippen LogP contribution in [-0.4, -0.2) is 14.6 Å². The smallest absolute Gasteiger partial charge is 0.158 e. The van der Waals surface area contributed by atoms with Crippen molar-refractivity contribution < 1.29 is 0 Å². The number of rotatable bonds is 5. The highest BCUT2D eigenvalue weighted by molar-refractivity contribution is 5.66. The number of hydrogen-bond donors (Lipinski definition) is 0. The Balaban J connectivity index is 0.000000225. The van der Waals surface area contributed by atoms with Crippen LogP contribution in [0.15, 0.2) is 91.1 Å². The molecule has 222 valence electrons. The molecule has 0 amide bonds. The number of benzene rings is 3. The van der Waals surface area contributed by atoms with Crippen molar-refractivity contribution in [2.75, 3.05) is 0 Å². The van der Waals surface area contributed by atoms with Crippen molar-refractivity contribution in [3.8, 4) is 11.3 Å². The summed E-state index contributed by atoms with van der Waals surface area (Å²) in [4.78, 5) is 4.73. The predicted molar refractivity (Wildman–Crippen MR) is 184 cm³/mol. The van der Waals surface area contributed by atoms with E-state index in [0.29, 0.717) is 0 Å². The summed E-state index contributed by atoms with van der Waals surface area (Å²) in [6, 6.07) is 25.8. The van der Waals surface area contributed by atoms with Gasteiger partial charge < -0.3 is 0 Å². The van der Waals surface area contributed by atoms with Gasteiger partial charge in [0.05, 0.1) is 11.9 Å². The molecule has 0 atom stereocenters. The van der Waals surface area contributed by atoms with Crippen molar-refractivity contribution in [3.05, 3.63) is 136 Å². The fourth-order valence-corrected chi connectivity index (χ4v) is 4.55. The molecule has 0 radical (unpaired) electrons. The molecule has 5 aromatic rings. The Labute approximate surface area is 255 Å². The van der Waals surface area contributed by atoms with Gasteiger partial charge in [-0.15, -0.1) is 0 Å². The number of aromatic nitrogens is 3. The molecule has 0 saturated carbocycles. The molecular weight excluding hydrogens is 510 g/mol. The van der Waals surface area contributed by atoms with Gasteiger partial charge in [-0.2, -0.15) is 5.10 Å². The first-order valence-corrected chi connectivity index (χ1v) is 15.3. The Morgan fingerprint density at radius 2 is 1.33 bits per heavy atom. The van der Waals surface area contributed by atoms with Gasteiger partial charge in [0.1, 0.15) is 0 Å². The van der Waals surface area contributed by atoms with Gasteiger partial charge in [-0.05, 0) is 100 Å². The van der Waals surface area contributed by atoms with Crippen LogP contribution in [0.1, 0.15) is 79.3 Å². The number of hydrogen-bond acceptors (Lipinski definition) is 2. The fraction of sp³-hybridized carbons (Fsp3) is 0.333. The van der Waals surface area contributed by atoms with Crippen LogP contribution in [0.4, 0.5) is 0 Å². The molecule has 0 aliphatic rings. The number of nitrogens with zero attached hydrogens (tertiary/aromatic N) is 3. The van der Waals surface area contributed by atoms with E-state index in [4.69, 9.17) is 4.98 Å². The Bertz CT molecular complexity index is 1550. The van der Waals surface area contributed by atoms with Crippen LogP contribution in [0.5, 0.6) is 0 Å². The number of fused-ring (bicyclic) bond motifs is 1. The van der Waals surface area contributed by atoms with Crippen LogP contribution >= 0.6 is 0 Å².